The van der Waals surface area contributed by atoms with Gasteiger partial charge in [-0.15, -0.1) is 0 Å². The van der Waals surface area contributed by atoms with E-state index in [1.807, 2.05) is 6.92 Å². The van der Waals surface area contributed by atoms with E-state index in [1.54, 1.807) is 0 Å². The number of pyridine rings is 1. The smallest absolute Gasteiger partial charge is 0.396 e. The summed E-state index contributed by atoms with van der Waals surface area (Å²) in [6.45, 7) is 0.347. The van der Waals surface area contributed by atoms with Crippen LogP contribution in [0.3, 0.4) is 0 Å². The number of halogens is 3. The van der Waals surface area contributed by atoms with Gasteiger partial charge < -0.3 is 20.3 Å². The number of carbonyl (C=O) groups is 1. The van der Waals surface area contributed by atoms with E-state index in [1.165, 1.54) is 12.1 Å². The van der Waals surface area contributed by atoms with E-state index in [9.17, 15) is 27.9 Å². The maximum absolute atomic E-state index is 12.4. The number of anilines is 1. The van der Waals surface area contributed by atoms with Gasteiger partial charge in [0.1, 0.15) is 12.2 Å². The van der Waals surface area contributed by atoms with Gasteiger partial charge >= 0.3 is 12.2 Å². The second kappa shape index (κ2) is 6.84. The van der Waals surface area contributed by atoms with E-state index >= 15 is 0 Å². The Hall–Kier alpha value is -2.03. The third-order valence-electron chi connectivity index (χ3n) is 4.37. The van der Waals surface area contributed by atoms with Crippen molar-refractivity contribution in [1.82, 2.24) is 9.88 Å². The lowest BCUT2D eigenvalue weighted by molar-refractivity contribution is -0.141. The molecule has 0 spiro atoms. The topological polar surface area (TPSA) is 83.4 Å². The molecule has 1 aromatic rings. The molecule has 0 bridgehead atoms. The highest BCUT2D eigenvalue weighted by Gasteiger charge is 2.39. The van der Waals surface area contributed by atoms with Crippen LogP contribution >= 0.6 is 0 Å². The summed E-state index contributed by atoms with van der Waals surface area (Å²) in [6.07, 6.45) is -1.21. The molecule has 2 unspecified atom stereocenters. The molecule has 0 saturated heterocycles. The van der Waals surface area contributed by atoms with Crippen LogP contribution < -0.4 is 16.2 Å². The van der Waals surface area contributed by atoms with Gasteiger partial charge in [0.2, 0.25) is 0 Å². The lowest BCUT2D eigenvalue weighted by Crippen LogP contribution is -2.47. The summed E-state index contributed by atoms with van der Waals surface area (Å²) in [5.74, 6) is 0. The molecule has 0 aliphatic heterocycles. The van der Waals surface area contributed by atoms with Crippen molar-refractivity contribution in [3.8, 4) is 0 Å². The standard InChI is InChI=1S/C15H20F3N3O3/c1-14(9-22)6-2-5-11(14)20-13(24)19-10-4-3-7-21(12(10)23)8-15(16,17)18/h3-4,7,11,22H,2,5-6,8-9H2,1H3,(H2,19,20,24). The van der Waals surface area contributed by atoms with E-state index in [0.29, 0.717) is 11.0 Å². The molecule has 3 N–H and O–H groups in total. The van der Waals surface area contributed by atoms with Crippen molar-refractivity contribution in [3.05, 3.63) is 28.7 Å². The van der Waals surface area contributed by atoms with Gasteiger partial charge in [-0.1, -0.05) is 13.3 Å². The summed E-state index contributed by atoms with van der Waals surface area (Å²) in [5.41, 5.74) is -1.60. The van der Waals surface area contributed by atoms with Gasteiger partial charge in [-0.25, -0.2) is 4.79 Å². The normalized spacial score (nSPS) is 24.0. The number of nitrogens with zero attached hydrogens (tertiary/aromatic N) is 1. The Morgan fingerprint density at radius 3 is 2.83 bits per heavy atom. The Morgan fingerprint density at radius 1 is 1.50 bits per heavy atom. The molecule has 1 aliphatic rings. The molecule has 1 heterocycles. The van der Waals surface area contributed by atoms with E-state index < -0.39 is 29.7 Å². The first-order valence-corrected chi connectivity index (χ1v) is 7.59. The quantitative estimate of drug-likeness (QED) is 0.780. The molecule has 0 radical (unpaired) electrons. The van der Waals surface area contributed by atoms with Crippen molar-refractivity contribution in [3.63, 3.8) is 0 Å². The zero-order chi connectivity index (χ0) is 18.0. The van der Waals surface area contributed by atoms with Crippen molar-refractivity contribution in [2.24, 2.45) is 5.41 Å². The number of urea groups is 1. The van der Waals surface area contributed by atoms with Crippen LogP contribution in [-0.4, -0.2) is 34.5 Å². The van der Waals surface area contributed by atoms with Crippen LogP contribution in [0.1, 0.15) is 26.2 Å². The Bertz CT molecular complexity index is 659. The Labute approximate surface area is 136 Å². The first-order valence-electron chi connectivity index (χ1n) is 7.59. The van der Waals surface area contributed by atoms with Gasteiger partial charge in [-0.05, 0) is 25.0 Å². The van der Waals surface area contributed by atoms with Crippen molar-refractivity contribution < 1.29 is 23.1 Å². The number of aliphatic hydroxyl groups excluding tert-OH is 1. The number of hydrogen-bond donors (Lipinski definition) is 3. The summed E-state index contributed by atoms with van der Waals surface area (Å²) in [5, 5.41) is 14.4. The van der Waals surface area contributed by atoms with Crippen LogP contribution in [0.4, 0.5) is 23.7 Å². The van der Waals surface area contributed by atoms with Gasteiger partial charge in [0, 0.05) is 17.7 Å². The van der Waals surface area contributed by atoms with Crippen LogP contribution in [0.2, 0.25) is 0 Å². The molecule has 9 heteroatoms. The van der Waals surface area contributed by atoms with Crippen LogP contribution in [0.5, 0.6) is 0 Å². The molecular weight excluding hydrogens is 327 g/mol. The predicted molar refractivity (Wildman–Crippen MR) is 81.7 cm³/mol. The van der Waals surface area contributed by atoms with Crippen LogP contribution in [-0.2, 0) is 6.54 Å². The van der Waals surface area contributed by atoms with Gasteiger partial charge in [-0.2, -0.15) is 13.2 Å². The van der Waals surface area contributed by atoms with E-state index in [2.05, 4.69) is 10.6 Å². The largest absolute Gasteiger partial charge is 0.406 e. The Morgan fingerprint density at radius 2 is 2.21 bits per heavy atom. The van der Waals surface area contributed by atoms with Gasteiger partial charge in [0.15, 0.2) is 0 Å². The molecule has 1 aromatic heterocycles. The number of nitrogens with one attached hydrogen (secondary N) is 2. The zero-order valence-corrected chi connectivity index (χ0v) is 13.2. The summed E-state index contributed by atoms with van der Waals surface area (Å²) >= 11 is 0. The Kier molecular flexibility index (Phi) is 5.22. The van der Waals surface area contributed by atoms with E-state index in [-0.39, 0.29) is 18.3 Å². The second-order valence-electron chi connectivity index (χ2n) is 6.33. The molecular formula is C15H20F3N3O3. The first kappa shape index (κ1) is 18.3. The SMILES string of the molecule is CC1(CO)CCCC1NC(=O)Nc1cccn(CC(F)(F)F)c1=O. The third kappa shape index (κ3) is 4.28. The summed E-state index contributed by atoms with van der Waals surface area (Å²) in [6, 6.07) is 1.57. The van der Waals surface area contributed by atoms with E-state index in [4.69, 9.17) is 0 Å². The molecule has 0 aromatic carbocycles. The summed E-state index contributed by atoms with van der Waals surface area (Å²) in [4.78, 5) is 24.0. The Balaban J connectivity index is 2.07. The molecule has 2 rings (SSSR count). The zero-order valence-electron chi connectivity index (χ0n) is 13.2. The first-order chi connectivity index (χ1) is 11.1. The summed E-state index contributed by atoms with van der Waals surface area (Å²) in [7, 11) is 0. The number of hydrogen-bond acceptors (Lipinski definition) is 3. The maximum Gasteiger partial charge on any atom is 0.406 e. The number of rotatable bonds is 4. The monoisotopic (exact) mass is 347 g/mol. The number of aliphatic hydroxyl groups is 1. The van der Waals surface area contributed by atoms with Crippen LogP contribution in [0.15, 0.2) is 23.1 Å². The minimum atomic E-state index is -4.53. The van der Waals surface area contributed by atoms with Crippen molar-refractivity contribution in [2.45, 2.75) is 44.9 Å². The number of amides is 2. The molecule has 1 saturated carbocycles. The molecule has 134 valence electrons. The average molecular weight is 347 g/mol. The fourth-order valence-electron chi connectivity index (χ4n) is 2.93. The molecule has 6 nitrogen and oxygen atoms in total. The van der Waals surface area contributed by atoms with Gasteiger partial charge in [0.05, 0.1) is 6.61 Å². The third-order valence-corrected chi connectivity index (χ3v) is 4.37. The van der Waals surface area contributed by atoms with E-state index in [0.717, 1.165) is 19.0 Å². The minimum Gasteiger partial charge on any atom is -0.396 e. The summed E-state index contributed by atoms with van der Waals surface area (Å²) < 4.78 is 37.8. The fraction of sp³-hybridized carbons (Fsp3) is 0.600. The highest BCUT2D eigenvalue weighted by Crippen LogP contribution is 2.37. The number of carbonyl (C=O) groups excluding carboxylic acids is 1. The maximum atomic E-state index is 12.4. The molecule has 2 amide bonds. The van der Waals surface area contributed by atoms with Gasteiger partial charge in [-0.3, -0.25) is 4.79 Å². The predicted octanol–water partition coefficient (Wildman–Crippen LogP) is 2.08. The second-order valence-corrected chi connectivity index (χ2v) is 6.33. The molecule has 2 atom stereocenters. The molecule has 1 fully saturated rings. The molecule has 24 heavy (non-hydrogen) atoms. The lowest BCUT2D eigenvalue weighted by atomic mass is 9.86. The van der Waals surface area contributed by atoms with Crippen LogP contribution in [0, 0.1) is 5.41 Å². The highest BCUT2D eigenvalue weighted by molar-refractivity contribution is 5.89. The van der Waals surface area contributed by atoms with Crippen molar-refractivity contribution >= 4 is 11.7 Å². The number of aromatic nitrogens is 1. The van der Waals surface area contributed by atoms with Crippen molar-refractivity contribution in [2.75, 3.05) is 11.9 Å². The minimum absolute atomic E-state index is 0.0817. The van der Waals surface area contributed by atoms with Crippen molar-refractivity contribution in [1.29, 1.82) is 0 Å². The highest BCUT2D eigenvalue weighted by atomic mass is 19.4. The molecule has 1 aliphatic carbocycles. The van der Waals surface area contributed by atoms with Gasteiger partial charge in [0.25, 0.3) is 5.56 Å². The fourth-order valence-corrected chi connectivity index (χ4v) is 2.93. The van der Waals surface area contributed by atoms with Crippen LogP contribution in [0.25, 0.3) is 0 Å². The lowest BCUT2D eigenvalue weighted by Gasteiger charge is -2.30. The number of alkyl halides is 3. The average Bonchev–Trinajstić information content (AvgIpc) is 2.84.